The molecule has 0 aliphatic carbocycles. The van der Waals surface area contributed by atoms with Crippen LogP contribution in [0.5, 0.6) is 0 Å². The van der Waals surface area contributed by atoms with Gasteiger partial charge in [-0.15, -0.1) is 5.10 Å². The summed E-state index contributed by atoms with van der Waals surface area (Å²) in [7, 11) is 0. The van der Waals surface area contributed by atoms with Crippen LogP contribution in [-0.4, -0.2) is 42.0 Å². The Labute approximate surface area is 158 Å². The van der Waals surface area contributed by atoms with Crippen LogP contribution >= 0.6 is 0 Å². The van der Waals surface area contributed by atoms with Crippen LogP contribution in [0.4, 0.5) is 0 Å². The van der Waals surface area contributed by atoms with Crippen LogP contribution in [-0.2, 0) is 11.2 Å². The summed E-state index contributed by atoms with van der Waals surface area (Å²) in [6, 6.07) is 14.3. The van der Waals surface area contributed by atoms with Gasteiger partial charge in [0.2, 0.25) is 5.91 Å². The van der Waals surface area contributed by atoms with E-state index in [1.54, 1.807) is 24.3 Å². The molecule has 0 aliphatic heterocycles. The molecule has 2 amide bonds. The molecule has 2 aromatic heterocycles. The van der Waals surface area contributed by atoms with E-state index in [0.29, 0.717) is 12.0 Å². The summed E-state index contributed by atoms with van der Waals surface area (Å²) in [6.07, 6.45) is 2.09. The van der Waals surface area contributed by atoms with E-state index in [2.05, 4.69) is 36.3 Å². The second-order valence-corrected chi connectivity index (χ2v) is 6.00. The fraction of sp³-hybridized carbons (Fsp3) is 0.111. The summed E-state index contributed by atoms with van der Waals surface area (Å²) in [4.78, 5) is 31.7. The first-order valence-corrected chi connectivity index (χ1v) is 8.55. The van der Waals surface area contributed by atoms with E-state index in [4.69, 9.17) is 0 Å². The van der Waals surface area contributed by atoms with Gasteiger partial charge in [0.15, 0.2) is 0 Å². The van der Waals surface area contributed by atoms with Crippen molar-refractivity contribution in [2.45, 2.75) is 12.8 Å². The Bertz CT molecular complexity index is 1070. The van der Waals surface area contributed by atoms with Crippen molar-refractivity contribution in [3.8, 4) is 5.69 Å². The molecule has 0 saturated carbocycles. The zero-order valence-electron chi connectivity index (χ0n) is 14.7. The van der Waals surface area contributed by atoms with E-state index in [0.717, 1.165) is 22.5 Å². The number of tetrazole rings is 1. The van der Waals surface area contributed by atoms with Crippen LogP contribution in [0.15, 0.2) is 54.9 Å². The molecule has 4 aromatic rings. The highest BCUT2D eigenvalue weighted by atomic mass is 16.2. The molecule has 0 radical (unpaired) electrons. The molecule has 0 fully saturated rings. The third-order valence-electron chi connectivity index (χ3n) is 4.09. The highest BCUT2D eigenvalue weighted by Gasteiger charge is 2.09. The van der Waals surface area contributed by atoms with Gasteiger partial charge in [-0.05, 0) is 46.8 Å². The lowest BCUT2D eigenvalue weighted by Gasteiger charge is -2.07. The molecule has 0 bridgehead atoms. The van der Waals surface area contributed by atoms with Crippen molar-refractivity contribution in [3.63, 3.8) is 0 Å². The Morgan fingerprint density at radius 1 is 1.04 bits per heavy atom. The molecule has 0 spiro atoms. The summed E-state index contributed by atoms with van der Waals surface area (Å²) in [5.74, 6) is 0.000310. The smallest absolute Gasteiger partial charge is 0.269 e. The molecule has 0 saturated heterocycles. The molecule has 28 heavy (non-hydrogen) atoms. The molecule has 10 heteroatoms. The number of aryl methyl sites for hydroxylation is 1. The number of aromatic amines is 1. The van der Waals surface area contributed by atoms with Crippen LogP contribution < -0.4 is 10.9 Å². The largest absolute Gasteiger partial charge is 0.342 e. The van der Waals surface area contributed by atoms with Crippen molar-refractivity contribution in [3.05, 3.63) is 66.2 Å². The lowest BCUT2D eigenvalue weighted by atomic mass is 10.2. The number of hydrogen-bond donors (Lipinski definition) is 3. The number of fused-ring (bicyclic) bond motifs is 1. The van der Waals surface area contributed by atoms with Gasteiger partial charge in [-0.1, -0.05) is 12.1 Å². The van der Waals surface area contributed by atoms with Crippen LogP contribution in [0.25, 0.3) is 16.7 Å². The maximum absolute atomic E-state index is 12.1. The van der Waals surface area contributed by atoms with Crippen LogP contribution in [0.1, 0.15) is 22.6 Å². The number of benzene rings is 2. The maximum atomic E-state index is 12.1. The van der Waals surface area contributed by atoms with E-state index < -0.39 is 5.91 Å². The maximum Gasteiger partial charge on any atom is 0.269 e. The summed E-state index contributed by atoms with van der Waals surface area (Å²) < 4.78 is 1.47. The predicted molar refractivity (Wildman–Crippen MR) is 99.2 cm³/mol. The standard InChI is InChI=1S/C18H16N8O2/c27-17(10-9-16-20-14-3-1-2-4-15(14)21-16)22-23-18(28)12-5-7-13(8-6-12)26-11-19-24-25-26/h1-8,11H,9-10H2,(H,20,21)(H,22,27)(H,23,28). The predicted octanol–water partition coefficient (Wildman–Crippen LogP) is 0.932. The molecule has 3 N–H and O–H groups in total. The number of aromatic nitrogens is 6. The van der Waals surface area contributed by atoms with Gasteiger partial charge in [-0.25, -0.2) is 9.67 Å². The number of imidazole rings is 1. The van der Waals surface area contributed by atoms with Crippen molar-refractivity contribution >= 4 is 22.8 Å². The number of nitrogens with zero attached hydrogens (tertiary/aromatic N) is 5. The number of amides is 2. The van der Waals surface area contributed by atoms with Gasteiger partial charge in [0.25, 0.3) is 5.91 Å². The molecule has 2 aromatic carbocycles. The van der Waals surface area contributed by atoms with Gasteiger partial charge >= 0.3 is 0 Å². The number of rotatable bonds is 5. The normalized spacial score (nSPS) is 10.7. The van der Waals surface area contributed by atoms with Gasteiger partial charge in [0.05, 0.1) is 16.7 Å². The molecule has 0 atom stereocenters. The number of hydrazine groups is 1. The van der Waals surface area contributed by atoms with Crippen molar-refractivity contribution in [2.24, 2.45) is 0 Å². The highest BCUT2D eigenvalue weighted by molar-refractivity contribution is 5.95. The Balaban J connectivity index is 1.27. The minimum Gasteiger partial charge on any atom is -0.342 e. The Hall–Kier alpha value is -4.08. The van der Waals surface area contributed by atoms with Crippen LogP contribution in [0.2, 0.25) is 0 Å². The summed E-state index contributed by atoms with van der Waals surface area (Å²) >= 11 is 0. The fourth-order valence-corrected chi connectivity index (χ4v) is 2.66. The highest BCUT2D eigenvalue weighted by Crippen LogP contribution is 2.11. The number of para-hydroxylation sites is 2. The van der Waals surface area contributed by atoms with Gasteiger partial charge in [0.1, 0.15) is 12.2 Å². The van der Waals surface area contributed by atoms with Crippen LogP contribution in [0.3, 0.4) is 0 Å². The lowest BCUT2D eigenvalue weighted by molar-refractivity contribution is -0.121. The Morgan fingerprint density at radius 3 is 2.61 bits per heavy atom. The third-order valence-corrected chi connectivity index (χ3v) is 4.09. The average Bonchev–Trinajstić information content (AvgIpc) is 3.40. The topological polar surface area (TPSA) is 130 Å². The third kappa shape index (κ3) is 3.85. The minimum atomic E-state index is -0.416. The molecule has 0 unspecified atom stereocenters. The molecule has 2 heterocycles. The van der Waals surface area contributed by atoms with Gasteiger partial charge in [0, 0.05) is 18.4 Å². The first kappa shape index (κ1) is 17.3. The van der Waals surface area contributed by atoms with E-state index >= 15 is 0 Å². The van der Waals surface area contributed by atoms with E-state index in [1.165, 1.54) is 11.0 Å². The number of nitrogens with one attached hydrogen (secondary N) is 3. The first-order chi connectivity index (χ1) is 13.7. The lowest BCUT2D eigenvalue weighted by Crippen LogP contribution is -2.41. The summed E-state index contributed by atoms with van der Waals surface area (Å²) in [5.41, 5.74) is 7.71. The zero-order chi connectivity index (χ0) is 19.3. The number of carbonyl (C=O) groups excluding carboxylic acids is 2. The van der Waals surface area contributed by atoms with Crippen molar-refractivity contribution < 1.29 is 9.59 Å². The van der Waals surface area contributed by atoms with Gasteiger partial charge in [-0.3, -0.25) is 20.4 Å². The molecule has 10 nitrogen and oxygen atoms in total. The van der Waals surface area contributed by atoms with E-state index in [9.17, 15) is 9.59 Å². The van der Waals surface area contributed by atoms with Gasteiger partial charge < -0.3 is 4.98 Å². The monoisotopic (exact) mass is 376 g/mol. The molecule has 140 valence electrons. The van der Waals surface area contributed by atoms with Crippen molar-refractivity contribution in [1.82, 2.24) is 41.0 Å². The molecule has 4 rings (SSSR count). The van der Waals surface area contributed by atoms with Crippen molar-refractivity contribution in [1.29, 1.82) is 0 Å². The van der Waals surface area contributed by atoms with Crippen molar-refractivity contribution in [2.75, 3.05) is 0 Å². The molecular formula is C18H16N8O2. The SMILES string of the molecule is O=C(CCc1nc2ccccc2[nH]1)NNC(=O)c1ccc(-n2cnnn2)cc1. The summed E-state index contributed by atoms with van der Waals surface area (Å²) in [6.45, 7) is 0. The Morgan fingerprint density at radius 2 is 1.86 bits per heavy atom. The van der Waals surface area contributed by atoms with Crippen LogP contribution in [0, 0.1) is 0 Å². The fourth-order valence-electron chi connectivity index (χ4n) is 2.66. The Kier molecular flexibility index (Phi) is 4.74. The quantitative estimate of drug-likeness (QED) is 0.444. The molecule has 0 aliphatic rings. The van der Waals surface area contributed by atoms with E-state index in [1.807, 2.05) is 24.3 Å². The van der Waals surface area contributed by atoms with Gasteiger partial charge in [-0.2, -0.15) is 0 Å². The molecular weight excluding hydrogens is 360 g/mol. The number of carbonyl (C=O) groups is 2. The minimum absolute atomic E-state index is 0.193. The zero-order valence-corrected chi connectivity index (χ0v) is 14.7. The second-order valence-electron chi connectivity index (χ2n) is 6.00. The second kappa shape index (κ2) is 7.66. The average molecular weight is 376 g/mol. The number of H-pyrrole nitrogens is 1. The first-order valence-electron chi connectivity index (χ1n) is 8.55. The van der Waals surface area contributed by atoms with E-state index in [-0.39, 0.29) is 12.3 Å². The summed E-state index contributed by atoms with van der Waals surface area (Å²) in [5, 5.41) is 10.9. The number of hydrogen-bond acceptors (Lipinski definition) is 6.